The summed E-state index contributed by atoms with van der Waals surface area (Å²) in [5.74, 6) is -0.855. The van der Waals surface area contributed by atoms with E-state index in [-0.39, 0.29) is 17.8 Å². The lowest BCUT2D eigenvalue weighted by molar-refractivity contribution is -0.120. The lowest BCUT2D eigenvalue weighted by Gasteiger charge is -2.22. The van der Waals surface area contributed by atoms with Crippen molar-refractivity contribution in [3.63, 3.8) is 0 Å². The van der Waals surface area contributed by atoms with Gasteiger partial charge in [-0.1, -0.05) is 18.2 Å². The Balaban J connectivity index is 1.51. The van der Waals surface area contributed by atoms with Gasteiger partial charge in [-0.05, 0) is 113 Å². The van der Waals surface area contributed by atoms with Crippen molar-refractivity contribution < 1.29 is 23.5 Å². The van der Waals surface area contributed by atoms with Gasteiger partial charge in [-0.25, -0.2) is 9.18 Å². The van der Waals surface area contributed by atoms with Crippen molar-refractivity contribution in [2.75, 3.05) is 29.0 Å². The van der Waals surface area contributed by atoms with Crippen molar-refractivity contribution in [1.29, 1.82) is 0 Å². The molecular weight excluding hydrogens is 511 g/mol. The molecule has 1 heterocycles. The average molecular weight is 547 g/mol. The number of rotatable bonds is 7. The molecule has 1 aliphatic rings. The van der Waals surface area contributed by atoms with Crippen LogP contribution in [0.2, 0.25) is 0 Å². The molecule has 1 saturated heterocycles. The smallest absolute Gasteiger partial charge is 0.412 e. The fraction of sp³-hybridized carbons (Fsp3) is 0.323. The number of nitrogens with zero attached hydrogens (tertiary/aromatic N) is 1. The predicted octanol–water partition coefficient (Wildman–Crippen LogP) is 6.51. The minimum absolute atomic E-state index is 0.0884. The summed E-state index contributed by atoms with van der Waals surface area (Å²) in [5.41, 5.74) is 2.39. The molecule has 210 valence electrons. The molecule has 0 saturated carbocycles. The van der Waals surface area contributed by atoms with Crippen LogP contribution in [0.5, 0.6) is 0 Å². The first-order valence-electron chi connectivity index (χ1n) is 13.3. The van der Waals surface area contributed by atoms with Crippen LogP contribution in [0, 0.1) is 5.82 Å². The summed E-state index contributed by atoms with van der Waals surface area (Å²) >= 11 is 0. The van der Waals surface area contributed by atoms with Crippen LogP contribution < -0.4 is 16.0 Å². The summed E-state index contributed by atoms with van der Waals surface area (Å²) in [7, 11) is 0. The Morgan fingerprint density at radius 1 is 0.825 bits per heavy atom. The number of nitrogens with one attached hydrogen (secondary N) is 3. The van der Waals surface area contributed by atoms with E-state index in [2.05, 4.69) is 20.9 Å². The van der Waals surface area contributed by atoms with Gasteiger partial charge in [-0.3, -0.25) is 19.8 Å². The van der Waals surface area contributed by atoms with Crippen molar-refractivity contribution in [3.05, 3.63) is 78.1 Å². The molecule has 1 atom stereocenters. The second-order valence-electron chi connectivity index (χ2n) is 10.8. The minimum Gasteiger partial charge on any atom is -0.444 e. The molecule has 3 aromatic rings. The van der Waals surface area contributed by atoms with Crippen LogP contribution in [0.3, 0.4) is 0 Å². The molecule has 0 aliphatic carbocycles. The number of carbonyl (C=O) groups is 3. The van der Waals surface area contributed by atoms with Gasteiger partial charge in [-0.15, -0.1) is 0 Å². The van der Waals surface area contributed by atoms with Crippen LogP contribution in [0.25, 0.3) is 11.1 Å². The van der Waals surface area contributed by atoms with Crippen molar-refractivity contribution in [2.24, 2.45) is 0 Å². The molecule has 0 bridgehead atoms. The second-order valence-corrected chi connectivity index (χ2v) is 10.8. The number of ether oxygens (including phenoxy) is 1. The molecule has 9 heteroatoms. The maximum Gasteiger partial charge on any atom is 0.412 e. The first-order valence-corrected chi connectivity index (χ1v) is 13.3. The molecule has 0 radical (unpaired) electrons. The number of benzene rings is 3. The summed E-state index contributed by atoms with van der Waals surface area (Å²) in [4.78, 5) is 40.4. The molecule has 8 nitrogen and oxygen atoms in total. The first-order chi connectivity index (χ1) is 19.0. The third-order valence-electron chi connectivity index (χ3n) is 6.56. The van der Waals surface area contributed by atoms with E-state index in [1.165, 1.54) is 12.1 Å². The number of hydrogen-bond acceptors (Lipinski definition) is 5. The van der Waals surface area contributed by atoms with E-state index in [1.54, 1.807) is 75.4 Å². The second kappa shape index (κ2) is 12.3. The summed E-state index contributed by atoms with van der Waals surface area (Å²) in [5, 5.41) is 8.46. The summed E-state index contributed by atoms with van der Waals surface area (Å²) < 4.78 is 18.8. The molecule has 1 fully saturated rings. The maximum atomic E-state index is 13.4. The van der Waals surface area contributed by atoms with Crippen molar-refractivity contribution in [2.45, 2.75) is 52.2 Å². The van der Waals surface area contributed by atoms with Crippen molar-refractivity contribution >= 4 is 35.0 Å². The number of carbonyl (C=O) groups excluding carboxylic acids is 3. The third-order valence-corrected chi connectivity index (χ3v) is 6.56. The monoisotopic (exact) mass is 546 g/mol. The number of halogens is 1. The van der Waals surface area contributed by atoms with E-state index in [9.17, 15) is 18.8 Å². The number of hydrogen-bond donors (Lipinski definition) is 3. The fourth-order valence-corrected chi connectivity index (χ4v) is 4.43. The topological polar surface area (TPSA) is 99.8 Å². The average Bonchev–Trinajstić information content (AvgIpc) is 3.44. The van der Waals surface area contributed by atoms with Crippen LogP contribution in [-0.4, -0.2) is 47.5 Å². The van der Waals surface area contributed by atoms with Crippen LogP contribution in [0.1, 0.15) is 50.9 Å². The van der Waals surface area contributed by atoms with E-state index < -0.39 is 17.6 Å². The van der Waals surface area contributed by atoms with Gasteiger partial charge in [0.2, 0.25) is 5.91 Å². The fourth-order valence-electron chi connectivity index (χ4n) is 4.43. The van der Waals surface area contributed by atoms with Crippen molar-refractivity contribution in [1.82, 2.24) is 4.90 Å². The minimum atomic E-state index is -0.703. The van der Waals surface area contributed by atoms with Crippen LogP contribution in [0.15, 0.2) is 66.7 Å². The zero-order chi connectivity index (χ0) is 28.9. The van der Waals surface area contributed by atoms with Gasteiger partial charge in [0.25, 0.3) is 5.91 Å². The molecule has 0 aromatic heterocycles. The van der Waals surface area contributed by atoms with E-state index >= 15 is 0 Å². The zero-order valence-electron chi connectivity index (χ0n) is 23.2. The van der Waals surface area contributed by atoms with E-state index in [1.807, 2.05) is 6.92 Å². The highest BCUT2D eigenvalue weighted by Crippen LogP contribution is 2.30. The van der Waals surface area contributed by atoms with E-state index in [0.717, 1.165) is 37.1 Å². The Morgan fingerprint density at radius 2 is 1.45 bits per heavy atom. The van der Waals surface area contributed by atoms with Crippen LogP contribution in [-0.2, 0) is 9.53 Å². The number of amides is 3. The van der Waals surface area contributed by atoms with E-state index in [4.69, 9.17) is 4.74 Å². The Morgan fingerprint density at radius 3 is 2.08 bits per heavy atom. The normalized spacial score (nSPS) is 14.3. The number of anilines is 3. The molecular formula is C31H35FN4O4. The van der Waals surface area contributed by atoms with Gasteiger partial charge in [0, 0.05) is 11.3 Å². The van der Waals surface area contributed by atoms with Crippen LogP contribution >= 0.6 is 0 Å². The highest BCUT2D eigenvalue weighted by Gasteiger charge is 2.24. The predicted molar refractivity (Wildman–Crippen MR) is 155 cm³/mol. The quantitative estimate of drug-likeness (QED) is 0.314. The summed E-state index contributed by atoms with van der Waals surface area (Å²) in [6.07, 6.45) is 1.53. The largest absolute Gasteiger partial charge is 0.444 e. The standard InChI is InChI=1S/C31H35FN4O4/c1-20(36-17-5-6-18-36)28(37)33-25-14-9-22(10-15-25)29(38)34-27-19-23(21-7-12-24(32)13-8-21)11-16-26(27)35-30(39)40-31(2,3)4/h7-16,19-20H,5-6,17-18H2,1-4H3,(H,33,37)(H,34,38)(H,35,39). The lowest BCUT2D eigenvalue weighted by Crippen LogP contribution is -2.40. The molecule has 1 unspecified atom stereocenters. The molecule has 1 aliphatic heterocycles. The highest BCUT2D eigenvalue weighted by atomic mass is 19.1. The lowest BCUT2D eigenvalue weighted by atomic mass is 10.0. The van der Waals surface area contributed by atoms with Gasteiger partial charge in [0.1, 0.15) is 11.4 Å². The molecule has 3 aromatic carbocycles. The highest BCUT2D eigenvalue weighted by molar-refractivity contribution is 6.07. The number of likely N-dealkylation sites (tertiary alicyclic amines) is 1. The Labute approximate surface area is 233 Å². The Bertz CT molecular complexity index is 1360. The SMILES string of the molecule is CC(C(=O)Nc1ccc(C(=O)Nc2cc(-c3ccc(F)cc3)ccc2NC(=O)OC(C)(C)C)cc1)N1CCCC1. The Hall–Kier alpha value is -4.24. The molecule has 40 heavy (non-hydrogen) atoms. The van der Waals surface area contributed by atoms with Gasteiger partial charge in [0.15, 0.2) is 0 Å². The zero-order valence-corrected chi connectivity index (χ0v) is 23.2. The van der Waals surface area contributed by atoms with E-state index in [0.29, 0.717) is 22.6 Å². The summed E-state index contributed by atoms with van der Waals surface area (Å²) in [6, 6.07) is 17.5. The third kappa shape index (κ3) is 7.66. The van der Waals surface area contributed by atoms with Gasteiger partial charge >= 0.3 is 6.09 Å². The Kier molecular flexibility index (Phi) is 8.84. The first kappa shape index (κ1) is 28.8. The van der Waals surface area contributed by atoms with Gasteiger partial charge < -0.3 is 15.4 Å². The molecule has 3 N–H and O–H groups in total. The van der Waals surface area contributed by atoms with Crippen LogP contribution in [0.4, 0.5) is 26.2 Å². The summed E-state index contributed by atoms with van der Waals surface area (Å²) in [6.45, 7) is 9.00. The molecule has 3 amide bonds. The van der Waals surface area contributed by atoms with Crippen molar-refractivity contribution in [3.8, 4) is 11.1 Å². The molecule has 4 rings (SSSR count). The van der Waals surface area contributed by atoms with Gasteiger partial charge in [0.05, 0.1) is 17.4 Å². The maximum absolute atomic E-state index is 13.4. The van der Waals surface area contributed by atoms with Gasteiger partial charge in [-0.2, -0.15) is 0 Å². The molecule has 0 spiro atoms.